The summed E-state index contributed by atoms with van der Waals surface area (Å²) in [6.07, 6.45) is 11.1. The van der Waals surface area contributed by atoms with E-state index in [1.807, 2.05) is 6.08 Å². The van der Waals surface area contributed by atoms with Crippen molar-refractivity contribution in [2.24, 2.45) is 0 Å². The van der Waals surface area contributed by atoms with Crippen molar-refractivity contribution in [1.29, 1.82) is 0 Å². The molecule has 0 radical (unpaired) electrons. The van der Waals surface area contributed by atoms with Crippen molar-refractivity contribution in [1.82, 2.24) is 4.90 Å². The summed E-state index contributed by atoms with van der Waals surface area (Å²) < 4.78 is 0. The minimum atomic E-state index is 0.709. The quantitative estimate of drug-likeness (QED) is 0.773. The molecule has 1 saturated carbocycles. The summed E-state index contributed by atoms with van der Waals surface area (Å²) in [6.45, 7) is 6.52. The third-order valence-electron chi connectivity index (χ3n) is 4.51. The van der Waals surface area contributed by atoms with Crippen LogP contribution in [0, 0.1) is 0 Å². The highest BCUT2D eigenvalue weighted by atomic mass is 15.2. The van der Waals surface area contributed by atoms with Gasteiger partial charge in [0.15, 0.2) is 0 Å². The van der Waals surface area contributed by atoms with Gasteiger partial charge in [-0.25, -0.2) is 0 Å². The molecule has 0 aromatic heterocycles. The van der Waals surface area contributed by atoms with Crippen LogP contribution in [0.15, 0.2) is 36.4 Å². The molecule has 1 aliphatic carbocycles. The van der Waals surface area contributed by atoms with Gasteiger partial charge in [-0.3, -0.25) is 4.90 Å². The summed E-state index contributed by atoms with van der Waals surface area (Å²) in [5.74, 6) is 0. The maximum Gasteiger partial charge on any atom is 0.0310 e. The Labute approximate surface area is 116 Å². The van der Waals surface area contributed by atoms with Gasteiger partial charge in [-0.1, -0.05) is 55.0 Å². The smallest absolute Gasteiger partial charge is 0.0310 e. The maximum atomic E-state index is 3.93. The SMILES string of the molecule is C=Cc1ccccc1C=C1CCCCC1N1CCC1. The normalized spacial score (nSPS) is 26.1. The summed E-state index contributed by atoms with van der Waals surface area (Å²) in [7, 11) is 0. The molecule has 2 aliphatic rings. The molecule has 2 fully saturated rings. The minimum absolute atomic E-state index is 0.709. The van der Waals surface area contributed by atoms with Gasteiger partial charge in [0.2, 0.25) is 0 Å². The van der Waals surface area contributed by atoms with Gasteiger partial charge in [-0.05, 0) is 49.9 Å². The Bertz CT molecular complexity index is 482. The lowest BCUT2D eigenvalue weighted by atomic mass is 9.85. The van der Waals surface area contributed by atoms with Crippen molar-refractivity contribution in [2.75, 3.05) is 13.1 Å². The number of rotatable bonds is 3. The van der Waals surface area contributed by atoms with Crippen LogP contribution in [0.3, 0.4) is 0 Å². The zero-order valence-electron chi connectivity index (χ0n) is 11.6. The fourth-order valence-corrected chi connectivity index (χ4v) is 3.28. The van der Waals surface area contributed by atoms with Gasteiger partial charge >= 0.3 is 0 Å². The first kappa shape index (κ1) is 12.7. The molecule has 0 amide bonds. The Hall–Kier alpha value is -1.34. The minimum Gasteiger partial charge on any atom is -0.297 e. The number of benzene rings is 1. The molecule has 1 saturated heterocycles. The van der Waals surface area contributed by atoms with Crippen molar-refractivity contribution in [3.05, 3.63) is 47.5 Å². The first-order valence-corrected chi connectivity index (χ1v) is 7.54. The second kappa shape index (κ2) is 5.75. The lowest BCUT2D eigenvalue weighted by Crippen LogP contribution is -2.46. The van der Waals surface area contributed by atoms with E-state index < -0.39 is 0 Å². The van der Waals surface area contributed by atoms with Crippen LogP contribution in [0.1, 0.15) is 43.2 Å². The van der Waals surface area contributed by atoms with Crippen molar-refractivity contribution in [3.63, 3.8) is 0 Å². The molecule has 1 atom stereocenters. The van der Waals surface area contributed by atoms with Crippen LogP contribution < -0.4 is 0 Å². The van der Waals surface area contributed by atoms with Crippen LogP contribution in [0.25, 0.3) is 12.2 Å². The van der Waals surface area contributed by atoms with Crippen molar-refractivity contribution in [3.8, 4) is 0 Å². The highest BCUT2D eigenvalue weighted by Crippen LogP contribution is 2.32. The molecule has 1 nitrogen and oxygen atoms in total. The number of hydrogen-bond acceptors (Lipinski definition) is 1. The van der Waals surface area contributed by atoms with Crippen molar-refractivity contribution in [2.45, 2.75) is 38.1 Å². The first-order valence-electron chi connectivity index (χ1n) is 7.54. The van der Waals surface area contributed by atoms with E-state index in [0.29, 0.717) is 6.04 Å². The Kier molecular flexibility index (Phi) is 3.84. The van der Waals surface area contributed by atoms with Gasteiger partial charge in [0.1, 0.15) is 0 Å². The molecule has 0 spiro atoms. The number of likely N-dealkylation sites (tertiary alicyclic amines) is 1. The summed E-state index contributed by atoms with van der Waals surface area (Å²) in [5, 5.41) is 0. The van der Waals surface area contributed by atoms with E-state index >= 15 is 0 Å². The predicted molar refractivity (Wildman–Crippen MR) is 83.0 cm³/mol. The fourth-order valence-electron chi connectivity index (χ4n) is 3.28. The van der Waals surface area contributed by atoms with Gasteiger partial charge in [0, 0.05) is 6.04 Å². The standard InChI is InChI=1S/C18H23N/c1-2-15-8-3-4-9-16(15)14-17-10-5-6-11-18(17)19-12-7-13-19/h2-4,8-9,14,18H,1,5-7,10-13H2. The summed E-state index contributed by atoms with van der Waals surface area (Å²) in [6, 6.07) is 9.29. The third kappa shape index (κ3) is 2.66. The molecule has 1 aromatic carbocycles. The molecule has 1 aromatic rings. The van der Waals surface area contributed by atoms with E-state index in [2.05, 4.69) is 41.8 Å². The summed E-state index contributed by atoms with van der Waals surface area (Å²) in [4.78, 5) is 2.65. The number of hydrogen-bond donors (Lipinski definition) is 0. The lowest BCUT2D eigenvalue weighted by molar-refractivity contribution is 0.121. The van der Waals surface area contributed by atoms with Gasteiger partial charge in [-0.15, -0.1) is 0 Å². The Morgan fingerprint density at radius 3 is 2.53 bits per heavy atom. The monoisotopic (exact) mass is 253 g/mol. The van der Waals surface area contributed by atoms with Crippen LogP contribution >= 0.6 is 0 Å². The second-order valence-corrected chi connectivity index (χ2v) is 5.70. The molecular formula is C18H23N. The molecule has 1 heterocycles. The highest BCUT2D eigenvalue weighted by Gasteiger charge is 2.28. The topological polar surface area (TPSA) is 3.24 Å². The number of nitrogens with zero attached hydrogens (tertiary/aromatic N) is 1. The molecule has 1 aliphatic heterocycles. The maximum absolute atomic E-state index is 3.93. The van der Waals surface area contributed by atoms with Gasteiger partial charge in [0.25, 0.3) is 0 Å². The largest absolute Gasteiger partial charge is 0.297 e. The lowest BCUT2D eigenvalue weighted by Gasteiger charge is -2.42. The van der Waals surface area contributed by atoms with Crippen LogP contribution in [-0.4, -0.2) is 24.0 Å². The molecule has 1 heteroatoms. The third-order valence-corrected chi connectivity index (χ3v) is 4.51. The van der Waals surface area contributed by atoms with Crippen LogP contribution in [0.4, 0.5) is 0 Å². The average molecular weight is 253 g/mol. The Morgan fingerprint density at radius 2 is 1.84 bits per heavy atom. The van der Waals surface area contributed by atoms with Gasteiger partial charge in [-0.2, -0.15) is 0 Å². The molecule has 3 rings (SSSR count). The summed E-state index contributed by atoms with van der Waals surface area (Å²) in [5.41, 5.74) is 4.23. The van der Waals surface area contributed by atoms with Gasteiger partial charge < -0.3 is 0 Å². The van der Waals surface area contributed by atoms with Crippen molar-refractivity contribution >= 4 is 12.2 Å². The first-order chi connectivity index (χ1) is 9.38. The molecule has 19 heavy (non-hydrogen) atoms. The van der Waals surface area contributed by atoms with E-state index in [1.54, 1.807) is 5.57 Å². The van der Waals surface area contributed by atoms with Crippen LogP contribution in [0.5, 0.6) is 0 Å². The Morgan fingerprint density at radius 1 is 1.05 bits per heavy atom. The highest BCUT2D eigenvalue weighted by molar-refractivity contribution is 5.66. The summed E-state index contributed by atoms with van der Waals surface area (Å²) >= 11 is 0. The average Bonchev–Trinajstić information content (AvgIpc) is 2.40. The zero-order valence-corrected chi connectivity index (χ0v) is 11.6. The molecular weight excluding hydrogens is 230 g/mol. The van der Waals surface area contributed by atoms with Gasteiger partial charge in [0.05, 0.1) is 0 Å². The van der Waals surface area contributed by atoms with E-state index in [4.69, 9.17) is 0 Å². The van der Waals surface area contributed by atoms with E-state index in [-0.39, 0.29) is 0 Å². The molecule has 100 valence electrons. The van der Waals surface area contributed by atoms with Crippen LogP contribution in [-0.2, 0) is 0 Å². The fraction of sp³-hybridized carbons (Fsp3) is 0.444. The van der Waals surface area contributed by atoms with Crippen LogP contribution in [0.2, 0.25) is 0 Å². The Balaban J connectivity index is 1.88. The zero-order chi connectivity index (χ0) is 13.1. The van der Waals surface area contributed by atoms with Crippen molar-refractivity contribution < 1.29 is 0 Å². The molecule has 1 unspecified atom stereocenters. The molecule has 0 bridgehead atoms. The van der Waals surface area contributed by atoms with E-state index in [0.717, 1.165) is 0 Å². The van der Waals surface area contributed by atoms with E-state index in [1.165, 1.54) is 56.3 Å². The predicted octanol–water partition coefficient (Wildman–Crippen LogP) is 4.36. The second-order valence-electron chi connectivity index (χ2n) is 5.70. The molecule has 0 N–H and O–H groups in total. The van der Waals surface area contributed by atoms with E-state index in [9.17, 15) is 0 Å².